The Kier molecular flexibility index (Phi) is 4.92. The first-order valence-electron chi connectivity index (χ1n) is 8.29. The van der Waals surface area contributed by atoms with Crippen molar-refractivity contribution in [2.45, 2.75) is 57.0 Å². The van der Waals surface area contributed by atoms with E-state index in [2.05, 4.69) is 60.1 Å². The van der Waals surface area contributed by atoms with Gasteiger partial charge in [0, 0.05) is 36.2 Å². The summed E-state index contributed by atoms with van der Waals surface area (Å²) in [7, 11) is 0. The van der Waals surface area contributed by atoms with Crippen LogP contribution in [0.4, 0.5) is 0 Å². The largest absolute Gasteiger partial charge is 0.310 e. The highest BCUT2D eigenvalue weighted by Gasteiger charge is 2.24. The van der Waals surface area contributed by atoms with Gasteiger partial charge in [-0.15, -0.1) is 0 Å². The van der Waals surface area contributed by atoms with E-state index in [0.29, 0.717) is 4.75 Å². The highest BCUT2D eigenvalue weighted by atomic mass is 32.2. The maximum Gasteiger partial charge on any atom is 0.0237 e. The molecule has 0 atom stereocenters. The minimum atomic E-state index is 0.446. The van der Waals surface area contributed by atoms with E-state index in [4.69, 9.17) is 0 Å². The molecule has 1 aliphatic heterocycles. The molecule has 2 fully saturated rings. The number of hydrogen-bond acceptors (Lipinski definition) is 3. The molecule has 0 unspecified atom stereocenters. The Morgan fingerprint density at radius 1 is 1.19 bits per heavy atom. The van der Waals surface area contributed by atoms with Crippen molar-refractivity contribution in [3.8, 4) is 0 Å². The lowest BCUT2D eigenvalue weighted by Gasteiger charge is -2.23. The molecule has 116 valence electrons. The SMILES string of the molecule is CC1(C)CCN(Cc2ccccc2CNC2CC2)CCS1. The van der Waals surface area contributed by atoms with Crippen molar-refractivity contribution in [3.05, 3.63) is 35.4 Å². The van der Waals surface area contributed by atoms with Gasteiger partial charge in [0.05, 0.1) is 0 Å². The van der Waals surface area contributed by atoms with E-state index in [9.17, 15) is 0 Å². The smallest absolute Gasteiger partial charge is 0.0237 e. The van der Waals surface area contributed by atoms with Crippen molar-refractivity contribution in [2.75, 3.05) is 18.8 Å². The van der Waals surface area contributed by atoms with Crippen LogP contribution in [0.5, 0.6) is 0 Å². The summed E-state index contributed by atoms with van der Waals surface area (Å²) in [6.45, 7) is 9.36. The zero-order chi connectivity index (χ0) is 14.7. The predicted molar refractivity (Wildman–Crippen MR) is 92.7 cm³/mol. The van der Waals surface area contributed by atoms with Gasteiger partial charge >= 0.3 is 0 Å². The fraction of sp³-hybridized carbons (Fsp3) is 0.667. The van der Waals surface area contributed by atoms with E-state index in [1.807, 2.05) is 0 Å². The van der Waals surface area contributed by atoms with E-state index in [1.54, 1.807) is 0 Å². The van der Waals surface area contributed by atoms with Gasteiger partial charge in [0.25, 0.3) is 0 Å². The Morgan fingerprint density at radius 2 is 1.95 bits per heavy atom. The third-order valence-corrected chi connectivity index (χ3v) is 5.97. The van der Waals surface area contributed by atoms with Gasteiger partial charge in [0.2, 0.25) is 0 Å². The van der Waals surface area contributed by atoms with Gasteiger partial charge in [-0.3, -0.25) is 4.90 Å². The maximum absolute atomic E-state index is 3.65. The number of rotatable bonds is 5. The highest BCUT2D eigenvalue weighted by molar-refractivity contribution is 8.00. The van der Waals surface area contributed by atoms with E-state index in [1.165, 1.54) is 49.2 Å². The third kappa shape index (κ3) is 4.73. The van der Waals surface area contributed by atoms with Crippen LogP contribution in [-0.4, -0.2) is 34.5 Å². The lowest BCUT2D eigenvalue weighted by atomic mass is 10.1. The number of nitrogens with one attached hydrogen (secondary N) is 1. The van der Waals surface area contributed by atoms with Crippen LogP contribution in [0.1, 0.15) is 44.2 Å². The molecule has 1 aromatic carbocycles. The Morgan fingerprint density at radius 3 is 2.71 bits per heavy atom. The molecule has 3 heteroatoms. The van der Waals surface area contributed by atoms with Crippen LogP contribution in [0, 0.1) is 0 Å². The summed E-state index contributed by atoms with van der Waals surface area (Å²) in [5.41, 5.74) is 3.00. The molecular formula is C18H28N2S. The second-order valence-corrected chi connectivity index (χ2v) is 8.86. The summed E-state index contributed by atoms with van der Waals surface area (Å²) in [6, 6.07) is 9.75. The van der Waals surface area contributed by atoms with Crippen molar-refractivity contribution < 1.29 is 0 Å². The lowest BCUT2D eigenvalue weighted by Crippen LogP contribution is -2.27. The summed E-state index contributed by atoms with van der Waals surface area (Å²) in [4.78, 5) is 2.64. The van der Waals surface area contributed by atoms with Gasteiger partial charge in [-0.1, -0.05) is 38.1 Å². The van der Waals surface area contributed by atoms with Crippen molar-refractivity contribution in [2.24, 2.45) is 0 Å². The van der Waals surface area contributed by atoms with Crippen LogP contribution < -0.4 is 5.32 Å². The quantitative estimate of drug-likeness (QED) is 0.894. The normalized spacial score (nSPS) is 23.0. The first-order chi connectivity index (χ1) is 10.1. The lowest BCUT2D eigenvalue weighted by molar-refractivity contribution is 0.275. The van der Waals surface area contributed by atoms with E-state index in [0.717, 1.165) is 19.1 Å². The van der Waals surface area contributed by atoms with Crippen LogP contribution in [0.25, 0.3) is 0 Å². The molecular weight excluding hydrogens is 276 g/mol. The van der Waals surface area contributed by atoms with Crippen LogP contribution in [0.2, 0.25) is 0 Å². The molecule has 1 aromatic rings. The van der Waals surface area contributed by atoms with Gasteiger partial charge in [-0.2, -0.15) is 11.8 Å². The topological polar surface area (TPSA) is 15.3 Å². The molecule has 1 saturated carbocycles. The zero-order valence-corrected chi connectivity index (χ0v) is 14.2. The van der Waals surface area contributed by atoms with E-state index in [-0.39, 0.29) is 0 Å². The van der Waals surface area contributed by atoms with Crippen LogP contribution >= 0.6 is 11.8 Å². The summed E-state index contributed by atoms with van der Waals surface area (Å²) in [5, 5.41) is 3.65. The molecule has 0 bridgehead atoms. The number of nitrogens with zero attached hydrogens (tertiary/aromatic N) is 1. The van der Waals surface area contributed by atoms with E-state index >= 15 is 0 Å². The molecule has 3 rings (SSSR count). The number of benzene rings is 1. The minimum Gasteiger partial charge on any atom is -0.310 e. The van der Waals surface area contributed by atoms with Gasteiger partial charge in [0.15, 0.2) is 0 Å². The Balaban J connectivity index is 1.60. The van der Waals surface area contributed by atoms with Crippen molar-refractivity contribution in [1.29, 1.82) is 0 Å². The number of hydrogen-bond donors (Lipinski definition) is 1. The summed E-state index contributed by atoms with van der Waals surface area (Å²) in [5.74, 6) is 1.26. The Labute approximate surface area is 133 Å². The molecule has 0 radical (unpaired) electrons. The summed E-state index contributed by atoms with van der Waals surface area (Å²) < 4.78 is 0.446. The fourth-order valence-corrected chi connectivity index (χ4v) is 4.03. The fourth-order valence-electron chi connectivity index (χ4n) is 2.89. The van der Waals surface area contributed by atoms with Crippen molar-refractivity contribution >= 4 is 11.8 Å². The molecule has 21 heavy (non-hydrogen) atoms. The molecule has 1 aliphatic carbocycles. The first kappa shape index (κ1) is 15.4. The standard InChI is InChI=1S/C18H28N2S/c1-18(2)9-10-20(11-12-21-18)14-16-6-4-3-5-15(16)13-19-17-7-8-17/h3-6,17,19H,7-14H2,1-2H3. The highest BCUT2D eigenvalue weighted by Crippen LogP contribution is 2.31. The minimum absolute atomic E-state index is 0.446. The molecule has 0 aromatic heterocycles. The molecule has 1 N–H and O–H groups in total. The van der Waals surface area contributed by atoms with Crippen molar-refractivity contribution in [1.82, 2.24) is 10.2 Å². The zero-order valence-electron chi connectivity index (χ0n) is 13.4. The van der Waals surface area contributed by atoms with Gasteiger partial charge in [-0.05, 0) is 36.9 Å². The molecule has 2 aliphatic rings. The molecule has 1 heterocycles. The van der Waals surface area contributed by atoms with Gasteiger partial charge in [-0.25, -0.2) is 0 Å². The molecule has 0 amide bonds. The Hall–Kier alpha value is -0.510. The predicted octanol–water partition coefficient (Wildman–Crippen LogP) is 3.66. The second-order valence-electron chi connectivity index (χ2n) is 7.06. The van der Waals surface area contributed by atoms with Gasteiger partial charge < -0.3 is 5.32 Å². The average Bonchev–Trinajstić information content (AvgIpc) is 3.28. The van der Waals surface area contributed by atoms with E-state index < -0.39 is 0 Å². The average molecular weight is 305 g/mol. The third-order valence-electron chi connectivity index (χ3n) is 4.60. The molecule has 0 spiro atoms. The summed E-state index contributed by atoms with van der Waals surface area (Å²) >= 11 is 2.13. The van der Waals surface area contributed by atoms with Crippen molar-refractivity contribution in [3.63, 3.8) is 0 Å². The summed E-state index contributed by atoms with van der Waals surface area (Å²) in [6.07, 6.45) is 4.02. The molecule has 2 nitrogen and oxygen atoms in total. The van der Waals surface area contributed by atoms with Crippen LogP contribution in [-0.2, 0) is 13.1 Å². The second kappa shape index (κ2) is 6.72. The maximum atomic E-state index is 3.65. The van der Waals surface area contributed by atoms with Crippen LogP contribution in [0.3, 0.4) is 0 Å². The molecule has 1 saturated heterocycles. The van der Waals surface area contributed by atoms with Gasteiger partial charge in [0.1, 0.15) is 0 Å². The van der Waals surface area contributed by atoms with Crippen LogP contribution in [0.15, 0.2) is 24.3 Å². The monoisotopic (exact) mass is 304 g/mol. The first-order valence-corrected chi connectivity index (χ1v) is 9.27. The number of thioether (sulfide) groups is 1. The Bertz CT molecular complexity index is 468.